The van der Waals surface area contributed by atoms with Crippen molar-refractivity contribution in [1.29, 1.82) is 0 Å². The maximum atomic E-state index is 12.1. The maximum absolute atomic E-state index is 12.1. The van der Waals surface area contributed by atoms with Crippen molar-refractivity contribution in [2.75, 3.05) is 10.5 Å². The zero-order valence-electron chi connectivity index (χ0n) is 9.99. The number of nitrogens with one attached hydrogen (secondary N) is 2. The SMILES string of the molecule is CCn1cc(S(=O)(=O)Nc2ccc(=O)[nH]n2)c(N)n1. The summed E-state index contributed by atoms with van der Waals surface area (Å²) in [5, 5.41) is 9.52. The van der Waals surface area contributed by atoms with Crippen LogP contribution in [0.15, 0.2) is 28.0 Å². The van der Waals surface area contributed by atoms with Gasteiger partial charge in [0, 0.05) is 18.8 Å². The van der Waals surface area contributed by atoms with Crippen LogP contribution >= 0.6 is 0 Å². The van der Waals surface area contributed by atoms with Crippen LogP contribution in [0.2, 0.25) is 0 Å². The van der Waals surface area contributed by atoms with Crippen molar-refractivity contribution >= 4 is 21.7 Å². The van der Waals surface area contributed by atoms with Gasteiger partial charge in [-0.1, -0.05) is 0 Å². The molecule has 0 aliphatic carbocycles. The smallest absolute Gasteiger partial charge is 0.268 e. The molecule has 102 valence electrons. The lowest BCUT2D eigenvalue weighted by Crippen LogP contribution is -2.17. The average Bonchev–Trinajstić information content (AvgIpc) is 2.74. The molecule has 0 fully saturated rings. The number of aromatic nitrogens is 4. The molecule has 0 unspecified atom stereocenters. The van der Waals surface area contributed by atoms with E-state index < -0.39 is 15.6 Å². The molecule has 0 amide bonds. The van der Waals surface area contributed by atoms with Gasteiger partial charge in [0.25, 0.3) is 15.6 Å². The predicted octanol–water partition coefficient (Wildman–Crippen LogP) is -0.631. The number of H-pyrrole nitrogens is 1. The Hall–Kier alpha value is -2.36. The van der Waals surface area contributed by atoms with Crippen LogP contribution in [0.1, 0.15) is 6.92 Å². The van der Waals surface area contributed by atoms with E-state index in [0.29, 0.717) is 6.54 Å². The second-order valence-electron chi connectivity index (χ2n) is 3.65. The minimum Gasteiger partial charge on any atom is -0.381 e. The molecule has 0 aromatic carbocycles. The molecule has 9 nitrogen and oxygen atoms in total. The first-order chi connectivity index (χ1) is 8.92. The van der Waals surface area contributed by atoms with Gasteiger partial charge in [0.15, 0.2) is 11.6 Å². The summed E-state index contributed by atoms with van der Waals surface area (Å²) in [6.45, 7) is 2.30. The highest BCUT2D eigenvalue weighted by Crippen LogP contribution is 2.18. The van der Waals surface area contributed by atoms with Crippen molar-refractivity contribution < 1.29 is 8.42 Å². The number of nitrogens with two attached hydrogens (primary N) is 1. The van der Waals surface area contributed by atoms with Gasteiger partial charge < -0.3 is 5.73 Å². The molecule has 2 heterocycles. The van der Waals surface area contributed by atoms with Gasteiger partial charge in [0.05, 0.1) is 0 Å². The summed E-state index contributed by atoms with van der Waals surface area (Å²) in [7, 11) is -3.89. The molecule has 0 aliphatic heterocycles. The van der Waals surface area contributed by atoms with Crippen molar-refractivity contribution in [2.45, 2.75) is 18.4 Å². The van der Waals surface area contributed by atoms with Gasteiger partial charge in [-0.25, -0.2) is 13.5 Å². The van der Waals surface area contributed by atoms with Gasteiger partial charge in [-0.05, 0) is 13.0 Å². The molecule has 19 heavy (non-hydrogen) atoms. The summed E-state index contributed by atoms with van der Waals surface area (Å²) in [6.07, 6.45) is 1.32. The van der Waals surface area contributed by atoms with E-state index in [1.54, 1.807) is 6.92 Å². The third kappa shape index (κ3) is 2.73. The number of nitrogen functional groups attached to an aromatic ring is 1. The molecule has 0 atom stereocenters. The Kier molecular flexibility index (Phi) is 3.25. The second-order valence-corrected chi connectivity index (χ2v) is 5.30. The molecule has 0 bridgehead atoms. The Morgan fingerprint density at radius 1 is 1.47 bits per heavy atom. The summed E-state index contributed by atoms with van der Waals surface area (Å²) < 4.78 is 27.7. The number of aromatic amines is 1. The lowest BCUT2D eigenvalue weighted by atomic mass is 10.5. The Balaban J connectivity index is 2.34. The highest BCUT2D eigenvalue weighted by molar-refractivity contribution is 7.92. The number of anilines is 2. The lowest BCUT2D eigenvalue weighted by Gasteiger charge is -2.04. The second kappa shape index (κ2) is 4.72. The molecule has 2 aromatic heterocycles. The number of hydrogen-bond acceptors (Lipinski definition) is 6. The van der Waals surface area contributed by atoms with Crippen molar-refractivity contribution in [3.63, 3.8) is 0 Å². The van der Waals surface area contributed by atoms with Crippen LogP contribution in [0, 0.1) is 0 Å². The topological polar surface area (TPSA) is 136 Å². The van der Waals surface area contributed by atoms with Crippen LogP contribution in [-0.2, 0) is 16.6 Å². The fraction of sp³-hybridized carbons (Fsp3) is 0.222. The van der Waals surface area contributed by atoms with E-state index in [2.05, 4.69) is 20.0 Å². The zero-order valence-corrected chi connectivity index (χ0v) is 10.8. The van der Waals surface area contributed by atoms with Crippen molar-refractivity contribution in [2.24, 2.45) is 0 Å². The fourth-order valence-corrected chi connectivity index (χ4v) is 2.46. The Bertz CT molecular complexity index is 727. The average molecular weight is 284 g/mol. The minimum atomic E-state index is -3.89. The number of hydrogen-bond donors (Lipinski definition) is 3. The third-order valence-electron chi connectivity index (χ3n) is 2.29. The maximum Gasteiger partial charge on any atom is 0.268 e. The molecular weight excluding hydrogens is 272 g/mol. The van der Waals surface area contributed by atoms with E-state index in [9.17, 15) is 13.2 Å². The molecule has 4 N–H and O–H groups in total. The highest BCUT2D eigenvalue weighted by atomic mass is 32.2. The zero-order chi connectivity index (χ0) is 14.0. The van der Waals surface area contributed by atoms with Gasteiger partial charge in [-0.15, -0.1) is 0 Å². The molecule has 0 saturated heterocycles. The summed E-state index contributed by atoms with van der Waals surface area (Å²) in [5.41, 5.74) is 5.12. The van der Waals surface area contributed by atoms with Crippen molar-refractivity contribution in [3.8, 4) is 0 Å². The van der Waals surface area contributed by atoms with Crippen LogP contribution < -0.4 is 16.0 Å². The molecule has 10 heteroatoms. The lowest BCUT2D eigenvalue weighted by molar-refractivity contribution is 0.600. The van der Waals surface area contributed by atoms with Crippen LogP contribution in [0.3, 0.4) is 0 Å². The molecule has 2 aromatic rings. The van der Waals surface area contributed by atoms with E-state index in [0.717, 1.165) is 6.07 Å². The van der Waals surface area contributed by atoms with Crippen LogP contribution in [0.5, 0.6) is 0 Å². The Morgan fingerprint density at radius 2 is 2.21 bits per heavy atom. The fourth-order valence-electron chi connectivity index (χ4n) is 1.38. The molecule has 2 rings (SSSR count). The number of aryl methyl sites for hydroxylation is 1. The Morgan fingerprint density at radius 3 is 2.74 bits per heavy atom. The molecule has 0 radical (unpaired) electrons. The summed E-state index contributed by atoms with van der Waals surface area (Å²) >= 11 is 0. The van der Waals surface area contributed by atoms with Gasteiger partial charge in [-0.2, -0.15) is 10.2 Å². The standard InChI is InChI=1S/C9H12N6O3S/c1-2-15-5-6(9(10)13-15)19(17,18)14-7-3-4-8(16)12-11-7/h3-5H,2H2,1H3,(H2,10,13)(H,11,14)(H,12,16). The van der Waals surface area contributed by atoms with Gasteiger partial charge in [0.2, 0.25) is 0 Å². The largest absolute Gasteiger partial charge is 0.381 e. The van der Waals surface area contributed by atoms with Gasteiger partial charge in [-0.3, -0.25) is 14.2 Å². The predicted molar refractivity (Wildman–Crippen MR) is 68.0 cm³/mol. The normalized spacial score (nSPS) is 11.4. The van der Waals surface area contributed by atoms with E-state index in [1.165, 1.54) is 16.9 Å². The summed E-state index contributed by atoms with van der Waals surface area (Å²) in [6, 6.07) is 2.40. The number of sulfonamides is 1. The monoisotopic (exact) mass is 284 g/mol. The van der Waals surface area contributed by atoms with Crippen LogP contribution in [-0.4, -0.2) is 28.4 Å². The van der Waals surface area contributed by atoms with E-state index >= 15 is 0 Å². The first-order valence-corrected chi connectivity index (χ1v) is 6.82. The quantitative estimate of drug-likeness (QED) is 0.683. The molecule has 0 saturated carbocycles. The first-order valence-electron chi connectivity index (χ1n) is 5.34. The summed E-state index contributed by atoms with van der Waals surface area (Å²) in [4.78, 5) is 10.7. The van der Waals surface area contributed by atoms with Crippen LogP contribution in [0.25, 0.3) is 0 Å². The minimum absolute atomic E-state index is 0.0109. The van der Waals surface area contributed by atoms with Crippen LogP contribution in [0.4, 0.5) is 11.6 Å². The van der Waals surface area contributed by atoms with E-state index in [1.807, 2.05) is 0 Å². The molecule has 0 spiro atoms. The highest BCUT2D eigenvalue weighted by Gasteiger charge is 2.21. The number of rotatable bonds is 4. The van der Waals surface area contributed by atoms with Gasteiger partial charge in [0.1, 0.15) is 4.90 Å². The Labute approximate surface area is 108 Å². The van der Waals surface area contributed by atoms with E-state index in [4.69, 9.17) is 5.73 Å². The molecular formula is C9H12N6O3S. The summed E-state index contributed by atoms with van der Waals surface area (Å²) in [5.74, 6) is -0.109. The number of nitrogens with zero attached hydrogens (tertiary/aromatic N) is 3. The third-order valence-corrected chi connectivity index (χ3v) is 3.66. The molecule has 0 aliphatic rings. The van der Waals surface area contributed by atoms with Gasteiger partial charge >= 0.3 is 0 Å². The van der Waals surface area contributed by atoms with E-state index in [-0.39, 0.29) is 16.5 Å². The van der Waals surface area contributed by atoms with Crippen molar-refractivity contribution in [1.82, 2.24) is 20.0 Å². The first kappa shape index (κ1) is 13.1. The van der Waals surface area contributed by atoms with Crippen molar-refractivity contribution in [3.05, 3.63) is 28.7 Å².